The molecular weight excluding hydrogens is 258 g/mol. The molecule has 0 unspecified atom stereocenters. The third-order valence-corrected chi connectivity index (χ3v) is 3.52. The van der Waals surface area contributed by atoms with Gasteiger partial charge in [0.05, 0.1) is 20.3 Å². The quantitative estimate of drug-likeness (QED) is 0.793. The number of benzene rings is 1. The van der Waals surface area contributed by atoms with Crippen LogP contribution in [0.5, 0.6) is 0 Å². The second kappa shape index (κ2) is 5.77. The highest BCUT2D eigenvalue weighted by Gasteiger charge is 2.48. The second-order valence-corrected chi connectivity index (χ2v) is 4.56. The highest BCUT2D eigenvalue weighted by Crippen LogP contribution is 2.36. The van der Waals surface area contributed by atoms with Crippen LogP contribution < -0.4 is 0 Å². The van der Waals surface area contributed by atoms with Gasteiger partial charge in [0.15, 0.2) is 0 Å². The van der Waals surface area contributed by atoms with Crippen LogP contribution in [0, 0.1) is 0 Å². The summed E-state index contributed by atoms with van der Waals surface area (Å²) in [6.07, 6.45) is -0.0519. The number of carbonyl (C=O) groups excluding carboxylic acids is 2. The predicted octanol–water partition coefficient (Wildman–Crippen LogP) is 2.08. The van der Waals surface area contributed by atoms with Crippen LogP contribution in [-0.2, 0) is 14.3 Å². The van der Waals surface area contributed by atoms with E-state index >= 15 is 0 Å². The van der Waals surface area contributed by atoms with Crippen molar-refractivity contribution < 1.29 is 19.1 Å². The molecule has 0 aromatic heterocycles. The smallest absolute Gasteiger partial charge is 0.410 e. The molecule has 1 aliphatic heterocycles. The topological polar surface area (TPSA) is 55.8 Å². The Labute approximate surface area is 117 Å². The van der Waals surface area contributed by atoms with Crippen molar-refractivity contribution in [2.45, 2.75) is 18.5 Å². The molecule has 1 aromatic rings. The largest absolute Gasteiger partial charge is 0.467 e. The van der Waals surface area contributed by atoms with Gasteiger partial charge in [0, 0.05) is 6.42 Å². The van der Waals surface area contributed by atoms with Gasteiger partial charge in [-0.1, -0.05) is 36.9 Å². The average molecular weight is 275 g/mol. The molecule has 0 radical (unpaired) electrons. The first-order valence-corrected chi connectivity index (χ1v) is 6.28. The minimum absolute atomic E-state index is 0.242. The van der Waals surface area contributed by atoms with Crippen molar-refractivity contribution >= 4 is 17.6 Å². The second-order valence-electron chi connectivity index (χ2n) is 4.56. The summed E-state index contributed by atoms with van der Waals surface area (Å²) in [5, 5.41) is 0. The van der Waals surface area contributed by atoms with E-state index < -0.39 is 18.1 Å². The van der Waals surface area contributed by atoms with E-state index in [0.717, 1.165) is 11.1 Å². The predicted molar refractivity (Wildman–Crippen MR) is 73.9 cm³/mol. The van der Waals surface area contributed by atoms with Crippen molar-refractivity contribution in [1.82, 2.24) is 4.90 Å². The molecule has 0 N–H and O–H groups in total. The van der Waals surface area contributed by atoms with Crippen molar-refractivity contribution in [2.75, 3.05) is 14.2 Å². The first-order chi connectivity index (χ1) is 9.60. The van der Waals surface area contributed by atoms with Gasteiger partial charge in [-0.05, 0) is 11.1 Å². The number of likely N-dealkylation sites (tertiary alicyclic amines) is 1. The van der Waals surface area contributed by atoms with Gasteiger partial charge in [0.1, 0.15) is 6.04 Å². The van der Waals surface area contributed by atoms with Gasteiger partial charge >= 0.3 is 12.1 Å². The molecule has 0 saturated carbocycles. The number of ether oxygens (including phenoxy) is 2. The summed E-state index contributed by atoms with van der Waals surface area (Å²) in [6.45, 7) is 4.03. The molecule has 5 heteroatoms. The lowest BCUT2D eigenvalue weighted by Crippen LogP contribution is -2.62. The molecule has 0 spiro atoms. The van der Waals surface area contributed by atoms with E-state index in [-0.39, 0.29) is 6.04 Å². The molecule has 106 valence electrons. The molecule has 1 aromatic carbocycles. The molecule has 1 fully saturated rings. The minimum atomic E-state index is -0.599. The van der Waals surface area contributed by atoms with Gasteiger partial charge in [-0.15, -0.1) is 0 Å². The zero-order chi connectivity index (χ0) is 14.7. The van der Waals surface area contributed by atoms with Crippen molar-refractivity contribution in [3.63, 3.8) is 0 Å². The molecule has 1 saturated heterocycles. The number of nitrogens with zero attached hydrogens (tertiary/aromatic N) is 1. The Morgan fingerprint density at radius 1 is 1.15 bits per heavy atom. The normalized spacial score (nSPS) is 20.8. The van der Waals surface area contributed by atoms with Crippen LogP contribution in [0.2, 0.25) is 0 Å². The molecule has 0 aliphatic carbocycles. The SMILES string of the molecule is C=C(c1ccccc1)[C@@H]1C[C@H](C(=O)OC)N1C(=O)OC. The number of carbonyl (C=O) groups is 2. The van der Waals surface area contributed by atoms with Crippen LogP contribution in [0.15, 0.2) is 36.9 Å². The summed E-state index contributed by atoms with van der Waals surface area (Å²) in [7, 11) is 2.59. The summed E-state index contributed by atoms with van der Waals surface area (Å²) in [5.74, 6) is -0.437. The van der Waals surface area contributed by atoms with Gasteiger partial charge in [0.25, 0.3) is 0 Å². The zero-order valence-electron chi connectivity index (χ0n) is 11.5. The standard InChI is InChI=1S/C15H17NO4/c1-10(11-7-5-4-6-8-11)12-9-13(14(17)19-2)16(12)15(18)20-3/h4-8,12-13H,1,9H2,2-3H3/t12-,13+/m0/s1. The molecule has 1 amide bonds. The lowest BCUT2D eigenvalue weighted by molar-refractivity contribution is -0.152. The Morgan fingerprint density at radius 2 is 1.80 bits per heavy atom. The van der Waals surface area contributed by atoms with Gasteiger partial charge in [-0.25, -0.2) is 9.59 Å². The fourth-order valence-corrected chi connectivity index (χ4v) is 2.38. The summed E-state index contributed by atoms with van der Waals surface area (Å²) >= 11 is 0. The summed E-state index contributed by atoms with van der Waals surface area (Å²) in [5.41, 5.74) is 1.73. The molecule has 5 nitrogen and oxygen atoms in total. The molecule has 0 bridgehead atoms. The third-order valence-electron chi connectivity index (χ3n) is 3.52. The highest BCUT2D eigenvalue weighted by molar-refractivity contribution is 5.87. The lowest BCUT2D eigenvalue weighted by atomic mass is 9.85. The Morgan fingerprint density at radius 3 is 2.35 bits per heavy atom. The van der Waals surface area contributed by atoms with Gasteiger partial charge < -0.3 is 9.47 Å². The molecular formula is C15H17NO4. The summed E-state index contributed by atoms with van der Waals surface area (Å²) < 4.78 is 9.43. The van der Waals surface area contributed by atoms with E-state index in [4.69, 9.17) is 9.47 Å². The number of hydrogen-bond acceptors (Lipinski definition) is 4. The van der Waals surface area contributed by atoms with Crippen molar-refractivity contribution in [3.8, 4) is 0 Å². The van der Waals surface area contributed by atoms with Crippen LogP contribution in [0.4, 0.5) is 4.79 Å². The Balaban J connectivity index is 2.19. The highest BCUT2D eigenvalue weighted by atomic mass is 16.5. The first kappa shape index (κ1) is 14.1. The van der Waals surface area contributed by atoms with E-state index in [0.29, 0.717) is 6.42 Å². The molecule has 1 heterocycles. The monoisotopic (exact) mass is 275 g/mol. The van der Waals surface area contributed by atoms with Crippen LogP contribution in [-0.4, -0.2) is 43.3 Å². The van der Waals surface area contributed by atoms with Gasteiger partial charge in [-0.3, -0.25) is 4.90 Å². The van der Waals surface area contributed by atoms with E-state index in [9.17, 15) is 9.59 Å². The minimum Gasteiger partial charge on any atom is -0.467 e. The van der Waals surface area contributed by atoms with Crippen LogP contribution in [0.25, 0.3) is 5.57 Å². The number of esters is 1. The Kier molecular flexibility index (Phi) is 4.08. The van der Waals surface area contributed by atoms with Crippen molar-refractivity contribution in [1.29, 1.82) is 0 Å². The molecule has 2 atom stereocenters. The summed E-state index contributed by atoms with van der Waals surface area (Å²) in [4.78, 5) is 24.8. The lowest BCUT2D eigenvalue weighted by Gasteiger charge is -2.46. The van der Waals surface area contributed by atoms with E-state index in [1.165, 1.54) is 19.1 Å². The number of hydrogen-bond donors (Lipinski definition) is 0. The van der Waals surface area contributed by atoms with Crippen LogP contribution >= 0.6 is 0 Å². The number of rotatable bonds is 3. The third kappa shape index (κ3) is 2.39. The van der Waals surface area contributed by atoms with Crippen LogP contribution in [0.1, 0.15) is 12.0 Å². The molecule has 1 aliphatic rings. The van der Waals surface area contributed by atoms with Crippen molar-refractivity contribution in [2.24, 2.45) is 0 Å². The van der Waals surface area contributed by atoms with Gasteiger partial charge in [0.2, 0.25) is 0 Å². The maximum absolute atomic E-state index is 11.8. The van der Waals surface area contributed by atoms with Gasteiger partial charge in [-0.2, -0.15) is 0 Å². The first-order valence-electron chi connectivity index (χ1n) is 6.28. The van der Waals surface area contributed by atoms with Crippen LogP contribution in [0.3, 0.4) is 0 Å². The number of methoxy groups -OCH3 is 2. The maximum atomic E-state index is 11.8. The van der Waals surface area contributed by atoms with E-state index in [1.54, 1.807) is 0 Å². The van der Waals surface area contributed by atoms with E-state index in [2.05, 4.69) is 6.58 Å². The maximum Gasteiger partial charge on any atom is 0.410 e. The zero-order valence-corrected chi connectivity index (χ0v) is 11.5. The molecule has 2 rings (SSSR count). The summed E-state index contributed by atoms with van der Waals surface area (Å²) in [6, 6.07) is 8.71. The number of amides is 1. The average Bonchev–Trinajstić information content (AvgIpc) is 2.46. The molecule has 20 heavy (non-hydrogen) atoms. The fraction of sp³-hybridized carbons (Fsp3) is 0.333. The fourth-order valence-electron chi connectivity index (χ4n) is 2.38. The Hall–Kier alpha value is -2.30. The van der Waals surface area contributed by atoms with E-state index in [1.807, 2.05) is 30.3 Å². The van der Waals surface area contributed by atoms with Crippen molar-refractivity contribution in [3.05, 3.63) is 42.5 Å². The Bertz CT molecular complexity index is 526.